The molecule has 4 N–H and O–H groups in total. The minimum atomic E-state index is -0.234. The fourth-order valence-corrected chi connectivity index (χ4v) is 1.27. The van der Waals surface area contributed by atoms with E-state index in [2.05, 4.69) is 20.4 Å². The van der Waals surface area contributed by atoms with Gasteiger partial charge in [0.15, 0.2) is 5.82 Å². The van der Waals surface area contributed by atoms with Crippen molar-refractivity contribution in [2.24, 2.45) is 0 Å². The Morgan fingerprint density at radius 2 is 2.44 bits per heavy atom. The molecule has 16 heavy (non-hydrogen) atoms. The molecular formula is C9H12N6O. The number of aromatic nitrogens is 4. The molecule has 2 aromatic heterocycles. The van der Waals surface area contributed by atoms with Gasteiger partial charge < -0.3 is 16.0 Å². The van der Waals surface area contributed by atoms with Gasteiger partial charge in [0.05, 0.1) is 18.4 Å². The van der Waals surface area contributed by atoms with E-state index < -0.39 is 0 Å². The van der Waals surface area contributed by atoms with Gasteiger partial charge in [-0.3, -0.25) is 9.48 Å². The molecule has 0 spiro atoms. The fourth-order valence-electron chi connectivity index (χ4n) is 1.27. The second-order valence-corrected chi connectivity index (χ2v) is 3.23. The van der Waals surface area contributed by atoms with Crippen LogP contribution < -0.4 is 16.6 Å². The van der Waals surface area contributed by atoms with E-state index in [1.807, 2.05) is 0 Å². The van der Waals surface area contributed by atoms with Crippen LogP contribution in [0.5, 0.6) is 0 Å². The van der Waals surface area contributed by atoms with Gasteiger partial charge in [0.2, 0.25) is 0 Å². The number of nitrogens with two attached hydrogens (primary N) is 1. The Hall–Kier alpha value is -2.31. The number of rotatable bonds is 4. The molecule has 0 saturated carbocycles. The van der Waals surface area contributed by atoms with Gasteiger partial charge in [0.1, 0.15) is 0 Å². The highest BCUT2D eigenvalue weighted by Gasteiger charge is 1.98. The molecule has 7 nitrogen and oxygen atoms in total. The first kappa shape index (κ1) is 10.2. The third-order valence-electron chi connectivity index (χ3n) is 1.99. The zero-order valence-corrected chi connectivity index (χ0v) is 8.55. The molecule has 0 amide bonds. The van der Waals surface area contributed by atoms with Crippen LogP contribution in [0.25, 0.3) is 0 Å². The standard InChI is InChI=1S/C9H12N6O/c10-7-5-14-15(6-7)4-3-12-8-9(16)13-2-1-11-8/h1-2,5-6H,3-4,10H2,(H,11,12)(H,13,16). The van der Waals surface area contributed by atoms with E-state index in [-0.39, 0.29) is 5.56 Å². The predicted octanol–water partition coefficient (Wildman–Crippen LogP) is -0.339. The number of nitrogen functional groups attached to an aromatic ring is 1. The van der Waals surface area contributed by atoms with Crippen molar-refractivity contribution in [1.82, 2.24) is 19.7 Å². The van der Waals surface area contributed by atoms with Gasteiger partial charge in [-0.15, -0.1) is 0 Å². The number of aromatic amines is 1. The fraction of sp³-hybridized carbons (Fsp3) is 0.222. The minimum Gasteiger partial charge on any atom is -0.396 e. The normalized spacial score (nSPS) is 10.2. The first-order valence-electron chi connectivity index (χ1n) is 4.81. The number of nitrogens with one attached hydrogen (secondary N) is 2. The Morgan fingerprint density at radius 1 is 1.56 bits per heavy atom. The Labute approximate surface area is 91.3 Å². The maximum Gasteiger partial charge on any atom is 0.290 e. The molecule has 0 aromatic carbocycles. The lowest BCUT2D eigenvalue weighted by Gasteiger charge is -2.03. The van der Waals surface area contributed by atoms with Crippen molar-refractivity contribution in [2.75, 3.05) is 17.6 Å². The molecule has 0 aliphatic rings. The third kappa shape index (κ3) is 2.38. The van der Waals surface area contributed by atoms with Crippen LogP contribution in [0.3, 0.4) is 0 Å². The summed E-state index contributed by atoms with van der Waals surface area (Å²) in [6.07, 6.45) is 6.31. The van der Waals surface area contributed by atoms with E-state index in [1.54, 1.807) is 17.1 Å². The molecule has 0 unspecified atom stereocenters. The van der Waals surface area contributed by atoms with Crippen molar-refractivity contribution in [2.45, 2.75) is 6.54 Å². The van der Waals surface area contributed by atoms with E-state index in [9.17, 15) is 4.79 Å². The topological polar surface area (TPSA) is 102 Å². The summed E-state index contributed by atoms with van der Waals surface area (Å²) in [5, 5.41) is 6.93. The smallest absolute Gasteiger partial charge is 0.290 e. The lowest BCUT2D eigenvalue weighted by molar-refractivity contribution is 0.637. The highest BCUT2D eigenvalue weighted by molar-refractivity contribution is 5.31. The Kier molecular flexibility index (Phi) is 2.86. The number of nitrogens with zero attached hydrogens (tertiary/aromatic N) is 3. The van der Waals surface area contributed by atoms with Crippen LogP contribution in [0, 0.1) is 0 Å². The van der Waals surface area contributed by atoms with Crippen molar-refractivity contribution in [3.05, 3.63) is 35.1 Å². The van der Waals surface area contributed by atoms with Crippen molar-refractivity contribution in [3.63, 3.8) is 0 Å². The number of hydrogen-bond acceptors (Lipinski definition) is 5. The first-order valence-corrected chi connectivity index (χ1v) is 4.81. The summed E-state index contributed by atoms with van der Waals surface area (Å²) in [6.45, 7) is 1.18. The second kappa shape index (κ2) is 4.47. The van der Waals surface area contributed by atoms with Crippen LogP contribution in [0.1, 0.15) is 0 Å². The Bertz CT molecular complexity index is 516. The summed E-state index contributed by atoms with van der Waals surface area (Å²) in [5.41, 5.74) is 5.90. The van der Waals surface area contributed by atoms with Gasteiger partial charge in [-0.1, -0.05) is 0 Å². The molecule has 0 bridgehead atoms. The zero-order chi connectivity index (χ0) is 11.4. The number of hydrogen-bond donors (Lipinski definition) is 3. The molecule has 84 valence electrons. The van der Waals surface area contributed by atoms with E-state index in [0.717, 1.165) is 0 Å². The van der Waals surface area contributed by atoms with Crippen LogP contribution >= 0.6 is 0 Å². The molecule has 0 radical (unpaired) electrons. The van der Waals surface area contributed by atoms with Crippen molar-refractivity contribution in [3.8, 4) is 0 Å². The van der Waals surface area contributed by atoms with Gasteiger partial charge in [-0.2, -0.15) is 5.10 Å². The van der Waals surface area contributed by atoms with Crippen LogP contribution in [0.4, 0.5) is 11.5 Å². The lowest BCUT2D eigenvalue weighted by atomic mass is 10.5. The van der Waals surface area contributed by atoms with Crippen LogP contribution in [-0.4, -0.2) is 26.3 Å². The Balaban J connectivity index is 1.89. The van der Waals surface area contributed by atoms with Gasteiger partial charge in [0, 0.05) is 25.1 Å². The summed E-state index contributed by atoms with van der Waals surface area (Å²) in [4.78, 5) is 17.7. The van der Waals surface area contributed by atoms with Gasteiger partial charge in [0.25, 0.3) is 5.56 Å². The van der Waals surface area contributed by atoms with Crippen molar-refractivity contribution < 1.29 is 0 Å². The monoisotopic (exact) mass is 220 g/mol. The molecule has 0 atom stereocenters. The molecule has 0 aliphatic carbocycles. The molecule has 0 fully saturated rings. The van der Waals surface area contributed by atoms with Crippen molar-refractivity contribution >= 4 is 11.5 Å². The lowest BCUT2D eigenvalue weighted by Crippen LogP contribution is -2.18. The highest BCUT2D eigenvalue weighted by atomic mass is 16.1. The molecular weight excluding hydrogens is 208 g/mol. The predicted molar refractivity (Wildman–Crippen MR) is 60.0 cm³/mol. The summed E-state index contributed by atoms with van der Waals surface area (Å²) >= 11 is 0. The zero-order valence-electron chi connectivity index (χ0n) is 8.55. The van der Waals surface area contributed by atoms with E-state index >= 15 is 0 Å². The van der Waals surface area contributed by atoms with Crippen molar-refractivity contribution in [1.29, 1.82) is 0 Å². The van der Waals surface area contributed by atoms with E-state index in [0.29, 0.717) is 24.6 Å². The largest absolute Gasteiger partial charge is 0.396 e. The molecule has 0 aliphatic heterocycles. The van der Waals surface area contributed by atoms with E-state index in [1.165, 1.54) is 12.4 Å². The SMILES string of the molecule is Nc1cnn(CCNc2ncc[nH]c2=O)c1. The van der Waals surface area contributed by atoms with Gasteiger partial charge in [-0.05, 0) is 0 Å². The molecule has 2 aromatic rings. The Morgan fingerprint density at radius 3 is 3.12 bits per heavy atom. The minimum absolute atomic E-state index is 0.234. The maximum atomic E-state index is 11.2. The number of anilines is 2. The summed E-state index contributed by atoms with van der Waals surface area (Å²) in [5.74, 6) is 0.308. The van der Waals surface area contributed by atoms with Gasteiger partial charge in [-0.25, -0.2) is 4.98 Å². The molecule has 0 saturated heterocycles. The summed E-state index contributed by atoms with van der Waals surface area (Å²) < 4.78 is 1.69. The molecule has 2 heterocycles. The first-order chi connectivity index (χ1) is 7.75. The summed E-state index contributed by atoms with van der Waals surface area (Å²) in [6, 6.07) is 0. The van der Waals surface area contributed by atoms with E-state index in [4.69, 9.17) is 5.73 Å². The van der Waals surface area contributed by atoms with Crippen LogP contribution in [0.15, 0.2) is 29.6 Å². The maximum absolute atomic E-state index is 11.2. The highest BCUT2D eigenvalue weighted by Crippen LogP contribution is 1.97. The number of H-pyrrole nitrogens is 1. The molecule has 2 rings (SSSR count). The average molecular weight is 220 g/mol. The van der Waals surface area contributed by atoms with Crippen LogP contribution in [-0.2, 0) is 6.54 Å². The molecule has 7 heteroatoms. The van der Waals surface area contributed by atoms with Gasteiger partial charge >= 0.3 is 0 Å². The van der Waals surface area contributed by atoms with Crippen LogP contribution in [0.2, 0.25) is 0 Å². The quantitative estimate of drug-likeness (QED) is 0.654. The average Bonchev–Trinajstić information content (AvgIpc) is 2.67. The third-order valence-corrected chi connectivity index (χ3v) is 1.99. The second-order valence-electron chi connectivity index (χ2n) is 3.23. The summed E-state index contributed by atoms with van der Waals surface area (Å²) in [7, 11) is 0.